The van der Waals surface area contributed by atoms with E-state index in [4.69, 9.17) is 9.47 Å². The summed E-state index contributed by atoms with van der Waals surface area (Å²) in [4.78, 5) is 0. The first-order chi connectivity index (χ1) is 9.17. The first kappa shape index (κ1) is 12.9. The number of rotatable bonds is 4. The molecule has 2 heterocycles. The van der Waals surface area contributed by atoms with E-state index in [2.05, 4.69) is 12.2 Å². The van der Waals surface area contributed by atoms with E-state index in [0.29, 0.717) is 24.0 Å². The molecule has 0 amide bonds. The molecule has 4 atom stereocenters. The molecular weight excluding hydrogens is 245 g/mol. The number of benzene rings is 1. The molecule has 0 aliphatic carbocycles. The number of nitrogens with one attached hydrogen (secondary N) is 1. The van der Waals surface area contributed by atoms with Crippen LogP contribution in [0.3, 0.4) is 0 Å². The zero-order valence-corrected chi connectivity index (χ0v) is 11.4. The Hall–Kier alpha value is -1.13. The topological polar surface area (TPSA) is 30.5 Å². The number of hydrogen-bond acceptors (Lipinski definition) is 3. The van der Waals surface area contributed by atoms with Gasteiger partial charge in [-0.3, -0.25) is 0 Å². The molecule has 2 bridgehead atoms. The number of hydrogen-bond donors (Lipinski definition) is 1. The highest BCUT2D eigenvalue weighted by Crippen LogP contribution is 2.35. The summed E-state index contributed by atoms with van der Waals surface area (Å²) in [5.74, 6) is -0.0166. The molecule has 19 heavy (non-hydrogen) atoms. The smallest absolute Gasteiger partial charge is 0.165 e. The van der Waals surface area contributed by atoms with Crippen LogP contribution in [-0.4, -0.2) is 25.4 Å². The van der Waals surface area contributed by atoms with E-state index in [0.717, 1.165) is 18.4 Å². The van der Waals surface area contributed by atoms with Gasteiger partial charge in [0.1, 0.15) is 0 Å². The van der Waals surface area contributed by atoms with Crippen molar-refractivity contribution in [1.29, 1.82) is 0 Å². The van der Waals surface area contributed by atoms with Crippen molar-refractivity contribution in [1.82, 2.24) is 5.32 Å². The quantitative estimate of drug-likeness (QED) is 0.908. The molecule has 1 aromatic rings. The van der Waals surface area contributed by atoms with Crippen LogP contribution in [0, 0.1) is 5.82 Å². The Kier molecular flexibility index (Phi) is 3.46. The van der Waals surface area contributed by atoms with Gasteiger partial charge in [-0.2, -0.15) is 0 Å². The summed E-state index contributed by atoms with van der Waals surface area (Å²) in [6.45, 7) is 2.10. The van der Waals surface area contributed by atoms with E-state index in [-0.39, 0.29) is 11.9 Å². The second kappa shape index (κ2) is 5.10. The highest BCUT2D eigenvalue weighted by Gasteiger charge is 2.41. The fraction of sp³-hybridized carbons (Fsp3) is 0.600. The Morgan fingerprint density at radius 2 is 2.26 bits per heavy atom. The lowest BCUT2D eigenvalue weighted by molar-refractivity contribution is 0.0962. The monoisotopic (exact) mass is 265 g/mol. The number of ether oxygens (including phenoxy) is 2. The predicted octanol–water partition coefficient (Wildman–Crippen LogP) is 2.80. The molecule has 0 radical (unpaired) electrons. The van der Waals surface area contributed by atoms with Crippen LogP contribution in [0.15, 0.2) is 18.2 Å². The molecule has 1 N–H and O–H groups in total. The van der Waals surface area contributed by atoms with Crippen molar-refractivity contribution in [3.05, 3.63) is 29.6 Å². The van der Waals surface area contributed by atoms with Gasteiger partial charge < -0.3 is 14.8 Å². The van der Waals surface area contributed by atoms with Gasteiger partial charge in [0.05, 0.1) is 19.3 Å². The molecule has 104 valence electrons. The molecule has 4 heteroatoms. The molecule has 2 saturated heterocycles. The first-order valence-electron chi connectivity index (χ1n) is 6.92. The third kappa shape index (κ3) is 2.47. The number of halogens is 1. The average Bonchev–Trinajstić information content (AvgIpc) is 3.01. The SMILES string of the molecule is COc1cc([C@@H](C)N[C@H]2C[C@H]3CC[C@H]2O3)ccc1F. The van der Waals surface area contributed by atoms with Gasteiger partial charge in [0, 0.05) is 12.1 Å². The highest BCUT2D eigenvalue weighted by molar-refractivity contribution is 5.32. The molecular formula is C15H20FNO2. The molecule has 2 aliphatic heterocycles. The van der Waals surface area contributed by atoms with Crippen molar-refractivity contribution in [2.75, 3.05) is 7.11 Å². The third-order valence-corrected chi connectivity index (χ3v) is 4.25. The highest BCUT2D eigenvalue weighted by atomic mass is 19.1. The van der Waals surface area contributed by atoms with Crippen LogP contribution in [-0.2, 0) is 4.74 Å². The van der Waals surface area contributed by atoms with Crippen molar-refractivity contribution < 1.29 is 13.9 Å². The van der Waals surface area contributed by atoms with Gasteiger partial charge >= 0.3 is 0 Å². The van der Waals surface area contributed by atoms with E-state index in [9.17, 15) is 4.39 Å². The maximum atomic E-state index is 13.4. The van der Waals surface area contributed by atoms with Gasteiger partial charge in [0.15, 0.2) is 11.6 Å². The maximum Gasteiger partial charge on any atom is 0.165 e. The van der Waals surface area contributed by atoms with Gasteiger partial charge in [-0.05, 0) is 43.9 Å². The van der Waals surface area contributed by atoms with Crippen LogP contribution in [0.2, 0.25) is 0 Å². The molecule has 0 spiro atoms. The summed E-state index contributed by atoms with van der Waals surface area (Å²) in [7, 11) is 1.49. The lowest BCUT2D eigenvalue weighted by Crippen LogP contribution is -2.38. The zero-order valence-electron chi connectivity index (χ0n) is 11.4. The minimum absolute atomic E-state index is 0.169. The summed E-state index contributed by atoms with van der Waals surface area (Å²) in [5, 5.41) is 3.59. The molecule has 0 saturated carbocycles. The average molecular weight is 265 g/mol. The van der Waals surface area contributed by atoms with Gasteiger partial charge in [-0.25, -0.2) is 4.39 Å². The molecule has 0 unspecified atom stereocenters. The maximum absolute atomic E-state index is 13.4. The molecule has 3 nitrogen and oxygen atoms in total. The lowest BCUT2D eigenvalue weighted by atomic mass is 9.94. The van der Waals surface area contributed by atoms with Crippen molar-refractivity contribution >= 4 is 0 Å². The third-order valence-electron chi connectivity index (χ3n) is 4.25. The Labute approximate surface area is 113 Å². The molecule has 1 aromatic carbocycles. The summed E-state index contributed by atoms with van der Waals surface area (Å²) in [6.07, 6.45) is 4.24. The fourth-order valence-corrected chi connectivity index (χ4v) is 3.18. The first-order valence-corrected chi connectivity index (χ1v) is 6.92. The Morgan fingerprint density at radius 1 is 1.42 bits per heavy atom. The van der Waals surface area contributed by atoms with Crippen LogP contribution in [0.1, 0.15) is 37.8 Å². The standard InChI is InChI=1S/C15H20FNO2/c1-9(10-3-5-12(16)15(7-10)18-2)17-13-8-11-4-6-14(13)19-11/h3,5,7,9,11,13-14,17H,4,6,8H2,1-2H3/t9-,11-,13+,14-/m1/s1. The van der Waals surface area contributed by atoms with Crippen LogP contribution >= 0.6 is 0 Å². The number of methoxy groups -OCH3 is 1. The zero-order chi connectivity index (χ0) is 13.4. The van der Waals surface area contributed by atoms with Gasteiger partial charge in [-0.1, -0.05) is 6.07 Å². The minimum Gasteiger partial charge on any atom is -0.494 e. The second-order valence-electron chi connectivity index (χ2n) is 5.50. The Morgan fingerprint density at radius 3 is 2.89 bits per heavy atom. The van der Waals surface area contributed by atoms with Crippen LogP contribution in [0.5, 0.6) is 5.75 Å². The van der Waals surface area contributed by atoms with Crippen LogP contribution in [0.25, 0.3) is 0 Å². The molecule has 2 aliphatic rings. The van der Waals surface area contributed by atoms with E-state index in [1.165, 1.54) is 19.6 Å². The summed E-state index contributed by atoms with van der Waals surface area (Å²) in [5.41, 5.74) is 1.04. The Bertz CT molecular complexity index is 465. The van der Waals surface area contributed by atoms with Gasteiger partial charge in [-0.15, -0.1) is 0 Å². The van der Waals surface area contributed by atoms with Gasteiger partial charge in [0.25, 0.3) is 0 Å². The summed E-state index contributed by atoms with van der Waals surface area (Å²) in [6, 6.07) is 5.63. The summed E-state index contributed by atoms with van der Waals surface area (Å²) < 4.78 is 24.3. The van der Waals surface area contributed by atoms with E-state index in [1.807, 2.05) is 6.07 Å². The molecule has 0 aromatic heterocycles. The van der Waals surface area contributed by atoms with Crippen molar-refractivity contribution in [3.8, 4) is 5.75 Å². The normalized spacial score (nSPS) is 30.6. The van der Waals surface area contributed by atoms with E-state index in [1.54, 1.807) is 6.07 Å². The predicted molar refractivity (Wildman–Crippen MR) is 70.8 cm³/mol. The van der Waals surface area contributed by atoms with Crippen molar-refractivity contribution in [2.45, 2.75) is 50.5 Å². The van der Waals surface area contributed by atoms with E-state index >= 15 is 0 Å². The Balaban J connectivity index is 1.68. The van der Waals surface area contributed by atoms with Crippen LogP contribution in [0.4, 0.5) is 4.39 Å². The fourth-order valence-electron chi connectivity index (χ4n) is 3.18. The van der Waals surface area contributed by atoms with Crippen molar-refractivity contribution in [2.24, 2.45) is 0 Å². The second-order valence-corrected chi connectivity index (χ2v) is 5.50. The minimum atomic E-state index is -0.318. The molecule has 2 fully saturated rings. The largest absolute Gasteiger partial charge is 0.494 e. The van der Waals surface area contributed by atoms with E-state index < -0.39 is 0 Å². The summed E-state index contributed by atoms with van der Waals surface area (Å²) >= 11 is 0. The number of fused-ring (bicyclic) bond motifs is 2. The lowest BCUT2D eigenvalue weighted by Gasteiger charge is -2.25. The van der Waals surface area contributed by atoms with Crippen LogP contribution < -0.4 is 10.1 Å². The van der Waals surface area contributed by atoms with Gasteiger partial charge in [0.2, 0.25) is 0 Å². The molecule has 3 rings (SSSR count). The van der Waals surface area contributed by atoms with Crippen molar-refractivity contribution in [3.63, 3.8) is 0 Å².